The predicted molar refractivity (Wildman–Crippen MR) is 178 cm³/mol. The number of carbonyl (C=O) groups is 2. The number of likely N-dealkylation sites (N-methyl/N-ethyl adjacent to an activating group) is 1. The van der Waals surface area contributed by atoms with E-state index in [-0.39, 0.29) is 29.9 Å². The molecule has 2 amide bonds. The maximum absolute atomic E-state index is 14.9. The number of benzene rings is 3. The Hall–Kier alpha value is -3.72. The third-order valence-corrected chi connectivity index (χ3v) is 11.5. The zero-order valence-electron chi connectivity index (χ0n) is 26.7. The van der Waals surface area contributed by atoms with E-state index in [0.717, 1.165) is 33.9 Å². The lowest BCUT2D eigenvalue weighted by Gasteiger charge is -2.57. The van der Waals surface area contributed by atoms with E-state index in [0.29, 0.717) is 12.2 Å². The quantitative estimate of drug-likeness (QED) is 0.268. The normalized spacial score (nSPS) is 23.9. The molecule has 4 aliphatic rings. The van der Waals surface area contributed by atoms with Gasteiger partial charge in [-0.2, -0.15) is 0 Å². The average Bonchev–Trinajstić information content (AvgIpc) is 3.02. The molecule has 7 rings (SSSR count). The molecule has 0 heterocycles. The molecule has 1 atom stereocenters. The van der Waals surface area contributed by atoms with E-state index >= 15 is 0 Å². The standard InChI is InChI=1S/C37H44FN3O4S/c1-3-39-36(43)34(20-26-9-5-4-6-10-26)40(24-30-11-7-8-12-33(30)38)35(42)25-41(46(2,44)45)32-15-13-31(14-16-32)37-21-27-17-28(22-37)19-29(18-27)23-37/h4-16,27-29,34H,3,17-25H2,1-2H3,(H,39,43)/t27?,28?,29?,34-,37?/m1/s1. The van der Waals surface area contributed by atoms with E-state index in [2.05, 4.69) is 17.4 Å². The first-order valence-corrected chi connectivity index (χ1v) is 18.3. The van der Waals surface area contributed by atoms with Crippen molar-refractivity contribution in [2.75, 3.05) is 23.7 Å². The molecule has 3 aromatic rings. The van der Waals surface area contributed by atoms with Crippen LogP contribution in [-0.2, 0) is 38.0 Å². The highest BCUT2D eigenvalue weighted by molar-refractivity contribution is 7.92. The largest absolute Gasteiger partial charge is 0.355 e. The van der Waals surface area contributed by atoms with Gasteiger partial charge in [0.1, 0.15) is 18.4 Å². The second kappa shape index (κ2) is 13.2. The summed E-state index contributed by atoms with van der Waals surface area (Å²) in [6.07, 6.45) is 8.87. The molecule has 244 valence electrons. The number of rotatable bonds is 12. The molecule has 0 aromatic heterocycles. The lowest BCUT2D eigenvalue weighted by atomic mass is 9.48. The van der Waals surface area contributed by atoms with Gasteiger partial charge in [0.25, 0.3) is 0 Å². The molecular formula is C37H44FN3O4S. The number of anilines is 1. The van der Waals surface area contributed by atoms with E-state index < -0.39 is 34.3 Å². The van der Waals surface area contributed by atoms with Crippen LogP contribution in [0.5, 0.6) is 0 Å². The highest BCUT2D eigenvalue weighted by Gasteiger charge is 2.51. The highest BCUT2D eigenvalue weighted by atomic mass is 32.2. The van der Waals surface area contributed by atoms with E-state index in [1.165, 1.54) is 55.1 Å². The molecule has 0 aliphatic heterocycles. The second-order valence-electron chi connectivity index (χ2n) is 13.7. The molecule has 4 fully saturated rings. The van der Waals surface area contributed by atoms with Crippen molar-refractivity contribution in [1.29, 1.82) is 0 Å². The summed E-state index contributed by atoms with van der Waals surface area (Å²) in [6.45, 7) is 1.42. The van der Waals surface area contributed by atoms with Crippen LogP contribution in [0.4, 0.5) is 10.1 Å². The minimum absolute atomic E-state index is 0.160. The molecule has 4 saturated carbocycles. The van der Waals surface area contributed by atoms with Crippen LogP contribution < -0.4 is 9.62 Å². The van der Waals surface area contributed by atoms with Crippen LogP contribution in [0.25, 0.3) is 0 Å². The Labute approximate surface area is 272 Å². The Morgan fingerprint density at radius 1 is 0.891 bits per heavy atom. The van der Waals surface area contributed by atoms with Gasteiger partial charge < -0.3 is 10.2 Å². The van der Waals surface area contributed by atoms with Crippen molar-refractivity contribution in [2.24, 2.45) is 17.8 Å². The number of carbonyl (C=O) groups excluding carboxylic acids is 2. The molecular weight excluding hydrogens is 601 g/mol. The van der Waals surface area contributed by atoms with Gasteiger partial charge in [0.2, 0.25) is 21.8 Å². The molecule has 9 heteroatoms. The summed E-state index contributed by atoms with van der Waals surface area (Å²) in [7, 11) is -3.89. The fourth-order valence-electron chi connectivity index (χ4n) is 8.72. The van der Waals surface area contributed by atoms with Gasteiger partial charge in [0, 0.05) is 25.1 Å². The molecule has 46 heavy (non-hydrogen) atoms. The molecule has 3 aromatic carbocycles. The van der Waals surface area contributed by atoms with Crippen molar-refractivity contribution in [3.05, 3.63) is 101 Å². The number of nitrogens with zero attached hydrogens (tertiary/aromatic N) is 2. The topological polar surface area (TPSA) is 86.8 Å². The predicted octanol–water partition coefficient (Wildman–Crippen LogP) is 5.84. The van der Waals surface area contributed by atoms with Gasteiger partial charge in [-0.05, 0) is 97.9 Å². The van der Waals surface area contributed by atoms with E-state index in [4.69, 9.17) is 0 Å². The number of amides is 2. The van der Waals surface area contributed by atoms with Gasteiger partial charge in [-0.1, -0.05) is 60.7 Å². The molecule has 0 radical (unpaired) electrons. The summed E-state index contributed by atoms with van der Waals surface area (Å²) in [5.41, 5.74) is 2.88. The van der Waals surface area contributed by atoms with Gasteiger partial charge in [-0.25, -0.2) is 12.8 Å². The monoisotopic (exact) mass is 645 g/mol. The van der Waals surface area contributed by atoms with Crippen molar-refractivity contribution in [3.63, 3.8) is 0 Å². The molecule has 7 nitrogen and oxygen atoms in total. The summed E-state index contributed by atoms with van der Waals surface area (Å²) in [5.74, 6) is 0.864. The lowest BCUT2D eigenvalue weighted by molar-refractivity contribution is -0.140. The summed E-state index contributed by atoms with van der Waals surface area (Å²) < 4.78 is 42.5. The summed E-state index contributed by atoms with van der Waals surface area (Å²) in [4.78, 5) is 29.1. The van der Waals surface area contributed by atoms with Crippen LogP contribution in [0.2, 0.25) is 0 Å². The number of halogens is 1. The first kappa shape index (κ1) is 32.2. The van der Waals surface area contributed by atoms with Gasteiger partial charge >= 0.3 is 0 Å². The summed E-state index contributed by atoms with van der Waals surface area (Å²) in [5, 5.41) is 2.82. The molecule has 1 N–H and O–H groups in total. The maximum Gasteiger partial charge on any atom is 0.244 e. The fourth-order valence-corrected chi connectivity index (χ4v) is 9.56. The van der Waals surface area contributed by atoms with Crippen LogP contribution in [0.3, 0.4) is 0 Å². The van der Waals surface area contributed by atoms with Crippen molar-refractivity contribution in [1.82, 2.24) is 10.2 Å². The lowest BCUT2D eigenvalue weighted by Crippen LogP contribution is -2.53. The molecule has 0 saturated heterocycles. The van der Waals surface area contributed by atoms with Gasteiger partial charge in [0.15, 0.2) is 0 Å². The van der Waals surface area contributed by atoms with Crippen molar-refractivity contribution in [2.45, 2.75) is 69.9 Å². The smallest absolute Gasteiger partial charge is 0.244 e. The van der Waals surface area contributed by atoms with Crippen LogP contribution in [-0.4, -0.2) is 50.5 Å². The van der Waals surface area contributed by atoms with Crippen molar-refractivity contribution < 1.29 is 22.4 Å². The third-order valence-electron chi connectivity index (χ3n) is 10.4. The number of sulfonamides is 1. The van der Waals surface area contributed by atoms with Gasteiger partial charge in [-0.3, -0.25) is 13.9 Å². The second-order valence-corrected chi connectivity index (χ2v) is 15.6. The Balaban J connectivity index is 1.30. The Morgan fingerprint density at radius 2 is 1.48 bits per heavy atom. The molecule has 0 spiro atoms. The highest BCUT2D eigenvalue weighted by Crippen LogP contribution is 2.60. The Morgan fingerprint density at radius 3 is 2.04 bits per heavy atom. The Bertz CT molecular complexity index is 1630. The maximum atomic E-state index is 14.9. The number of hydrogen-bond acceptors (Lipinski definition) is 4. The average molecular weight is 646 g/mol. The van der Waals surface area contributed by atoms with Crippen LogP contribution in [0.1, 0.15) is 62.1 Å². The number of nitrogens with one attached hydrogen (secondary N) is 1. The fraction of sp³-hybridized carbons (Fsp3) is 0.459. The molecule has 4 aliphatic carbocycles. The van der Waals surface area contributed by atoms with E-state index in [9.17, 15) is 22.4 Å². The van der Waals surface area contributed by atoms with Crippen LogP contribution >= 0.6 is 0 Å². The van der Waals surface area contributed by atoms with Crippen molar-refractivity contribution in [3.8, 4) is 0 Å². The van der Waals surface area contributed by atoms with Crippen molar-refractivity contribution >= 4 is 27.5 Å². The minimum atomic E-state index is -3.89. The van der Waals surface area contributed by atoms with E-state index in [1.807, 2.05) is 42.5 Å². The van der Waals surface area contributed by atoms with Gasteiger partial charge in [0.05, 0.1) is 11.9 Å². The summed E-state index contributed by atoms with van der Waals surface area (Å²) in [6, 6.07) is 22.2. The Kier molecular flexibility index (Phi) is 9.24. The molecule has 4 bridgehead atoms. The van der Waals surface area contributed by atoms with E-state index in [1.54, 1.807) is 25.1 Å². The van der Waals surface area contributed by atoms with Crippen LogP contribution in [0, 0.1) is 23.6 Å². The number of hydrogen-bond donors (Lipinski definition) is 1. The minimum Gasteiger partial charge on any atom is -0.355 e. The third kappa shape index (κ3) is 6.85. The van der Waals surface area contributed by atoms with Crippen LogP contribution in [0.15, 0.2) is 78.9 Å². The SMILES string of the molecule is CCNC(=O)[C@@H](Cc1ccccc1)N(Cc1ccccc1F)C(=O)CN(c1ccc(C23CC4CC(CC(C4)C2)C3)cc1)S(C)(=O)=O. The zero-order valence-corrected chi connectivity index (χ0v) is 27.5. The first-order chi connectivity index (χ1) is 22.0. The van der Waals surface area contributed by atoms with Gasteiger partial charge in [-0.15, -0.1) is 0 Å². The zero-order chi connectivity index (χ0) is 32.5. The summed E-state index contributed by atoms with van der Waals surface area (Å²) >= 11 is 0. The first-order valence-electron chi connectivity index (χ1n) is 16.5. The molecule has 0 unspecified atom stereocenters.